The molecule has 2 aromatic rings. The van der Waals surface area contributed by atoms with Crippen LogP contribution >= 0.6 is 0 Å². The van der Waals surface area contributed by atoms with Gasteiger partial charge in [0, 0.05) is 23.9 Å². The third kappa shape index (κ3) is 16.6. The predicted octanol–water partition coefficient (Wildman–Crippen LogP) is 15.1. The van der Waals surface area contributed by atoms with Gasteiger partial charge < -0.3 is 5.32 Å². The number of amidine groups is 1. The third-order valence-corrected chi connectivity index (χ3v) is 10.4. The maximum atomic E-state index is 12.7. The van der Waals surface area contributed by atoms with Crippen LogP contribution in [0.5, 0.6) is 0 Å². The molecule has 292 valence electrons. The van der Waals surface area contributed by atoms with E-state index in [0.29, 0.717) is 5.41 Å². The Bertz CT molecular complexity index is 1400. The molecule has 0 saturated heterocycles. The summed E-state index contributed by atoms with van der Waals surface area (Å²) in [4.78, 5) is 21.7. The summed E-state index contributed by atoms with van der Waals surface area (Å²) >= 11 is 0. The summed E-state index contributed by atoms with van der Waals surface area (Å²) in [5.41, 5.74) is 9.99. The number of hydrogen-bond acceptors (Lipinski definition) is 4. The minimum Gasteiger partial charge on any atom is -0.342 e. The molecule has 1 unspecified atom stereocenters. The van der Waals surface area contributed by atoms with E-state index in [1.54, 1.807) is 6.92 Å². The number of pyridine rings is 1. The SMILES string of the molecule is CC.CC.CCC1=C(C)CC(Nc2ccc(C)nc2)=NC=C1/C=C(\C(C)=O)c1c(C)cccc1C.CCCCC(C)CCCC(CC)(CC)CCC. The zero-order valence-electron chi connectivity index (χ0n) is 36.5. The van der Waals surface area contributed by atoms with Crippen molar-refractivity contribution in [3.63, 3.8) is 0 Å². The van der Waals surface area contributed by atoms with E-state index < -0.39 is 0 Å². The summed E-state index contributed by atoms with van der Waals surface area (Å²) in [6, 6.07) is 10.1. The molecular formula is C48H79N3O. The number of hydrogen-bond donors (Lipinski definition) is 1. The molecule has 3 rings (SSSR count). The van der Waals surface area contributed by atoms with Crippen LogP contribution in [-0.2, 0) is 4.79 Å². The summed E-state index contributed by atoms with van der Waals surface area (Å²) in [7, 11) is 0. The van der Waals surface area contributed by atoms with Gasteiger partial charge in [0.05, 0.1) is 11.9 Å². The van der Waals surface area contributed by atoms with Crippen molar-refractivity contribution in [3.05, 3.63) is 87.9 Å². The number of rotatable bonds is 16. The van der Waals surface area contributed by atoms with Gasteiger partial charge in [-0.2, -0.15) is 0 Å². The number of benzene rings is 1. The molecule has 0 amide bonds. The Balaban J connectivity index is 0.00000105. The first-order valence-electron chi connectivity index (χ1n) is 20.9. The van der Waals surface area contributed by atoms with Crippen molar-refractivity contribution >= 4 is 22.9 Å². The van der Waals surface area contributed by atoms with Crippen LogP contribution in [0.1, 0.15) is 183 Å². The predicted molar refractivity (Wildman–Crippen MR) is 233 cm³/mol. The van der Waals surface area contributed by atoms with Gasteiger partial charge in [0.25, 0.3) is 0 Å². The Morgan fingerprint density at radius 2 is 1.48 bits per heavy atom. The van der Waals surface area contributed by atoms with Gasteiger partial charge in [0.1, 0.15) is 5.84 Å². The van der Waals surface area contributed by atoms with Gasteiger partial charge in [-0.15, -0.1) is 0 Å². The lowest BCUT2D eigenvalue weighted by Gasteiger charge is -2.32. The molecule has 2 heterocycles. The van der Waals surface area contributed by atoms with E-state index in [9.17, 15) is 4.79 Å². The van der Waals surface area contributed by atoms with Crippen LogP contribution in [0.15, 0.2) is 70.5 Å². The Morgan fingerprint density at radius 3 is 1.98 bits per heavy atom. The number of aromatic nitrogens is 1. The van der Waals surface area contributed by atoms with E-state index in [1.165, 1.54) is 75.4 Å². The first kappa shape index (κ1) is 48.7. The Labute approximate surface area is 322 Å². The van der Waals surface area contributed by atoms with Gasteiger partial charge in [0.15, 0.2) is 5.78 Å². The van der Waals surface area contributed by atoms with Gasteiger partial charge in [-0.25, -0.2) is 4.99 Å². The molecule has 0 spiro atoms. The lowest BCUT2D eigenvalue weighted by Crippen LogP contribution is -2.18. The molecule has 1 atom stereocenters. The fourth-order valence-corrected chi connectivity index (χ4v) is 7.17. The van der Waals surface area contributed by atoms with E-state index in [0.717, 1.165) is 63.8 Å². The van der Waals surface area contributed by atoms with Crippen LogP contribution in [0.2, 0.25) is 0 Å². The average Bonchev–Trinajstić information content (AvgIpc) is 3.29. The molecule has 0 radical (unpaired) electrons. The maximum Gasteiger partial charge on any atom is 0.160 e. The van der Waals surface area contributed by atoms with Crippen LogP contribution in [0.25, 0.3) is 5.57 Å². The molecule has 0 aliphatic carbocycles. The Hall–Kier alpha value is -3.27. The monoisotopic (exact) mass is 714 g/mol. The summed E-state index contributed by atoms with van der Waals surface area (Å²) in [5, 5.41) is 3.39. The highest BCUT2D eigenvalue weighted by atomic mass is 16.1. The highest BCUT2D eigenvalue weighted by Gasteiger charge is 2.24. The largest absolute Gasteiger partial charge is 0.342 e. The van der Waals surface area contributed by atoms with Crippen LogP contribution in [0.4, 0.5) is 5.69 Å². The van der Waals surface area contributed by atoms with Gasteiger partial charge in [-0.05, 0) is 111 Å². The van der Waals surface area contributed by atoms with E-state index in [2.05, 4.69) is 84.7 Å². The maximum absolute atomic E-state index is 12.7. The number of aliphatic imine (C=N–C) groups is 1. The lowest BCUT2D eigenvalue weighted by atomic mass is 9.74. The number of anilines is 1. The molecule has 0 bridgehead atoms. The second-order valence-corrected chi connectivity index (χ2v) is 14.2. The molecular weight excluding hydrogens is 635 g/mol. The Morgan fingerprint density at radius 1 is 0.865 bits per heavy atom. The number of Topliss-reactive ketones (excluding diaryl/α,β-unsaturated/α-hetero) is 1. The topological polar surface area (TPSA) is 54.4 Å². The van der Waals surface area contributed by atoms with Crippen molar-refractivity contribution in [1.82, 2.24) is 4.98 Å². The molecule has 1 aromatic heterocycles. The van der Waals surface area contributed by atoms with Gasteiger partial charge in [-0.3, -0.25) is 9.78 Å². The second kappa shape index (κ2) is 27.4. The fraction of sp³-hybridized carbons (Fsp3) is 0.604. The van der Waals surface area contributed by atoms with E-state index in [-0.39, 0.29) is 5.78 Å². The molecule has 1 aromatic carbocycles. The molecule has 1 N–H and O–H groups in total. The highest BCUT2D eigenvalue weighted by Crippen LogP contribution is 2.38. The average molecular weight is 714 g/mol. The molecule has 0 saturated carbocycles. The minimum absolute atomic E-state index is 0.0590. The number of unbranched alkanes of at least 4 members (excludes halogenated alkanes) is 1. The van der Waals surface area contributed by atoms with Gasteiger partial charge >= 0.3 is 0 Å². The number of ketones is 1. The lowest BCUT2D eigenvalue weighted by molar-refractivity contribution is -0.111. The van der Waals surface area contributed by atoms with Crippen molar-refractivity contribution in [2.24, 2.45) is 16.3 Å². The summed E-state index contributed by atoms with van der Waals surface area (Å²) in [6.07, 6.45) is 21.4. The van der Waals surface area contributed by atoms with Crippen LogP contribution < -0.4 is 5.32 Å². The molecule has 1 aliphatic heterocycles. The van der Waals surface area contributed by atoms with Gasteiger partial charge in [-0.1, -0.05) is 144 Å². The van der Waals surface area contributed by atoms with Crippen molar-refractivity contribution in [3.8, 4) is 0 Å². The van der Waals surface area contributed by atoms with E-state index >= 15 is 0 Å². The molecule has 1 aliphatic rings. The number of aryl methyl sites for hydroxylation is 3. The van der Waals surface area contributed by atoms with Crippen molar-refractivity contribution in [2.75, 3.05) is 5.32 Å². The van der Waals surface area contributed by atoms with Crippen LogP contribution in [-0.4, -0.2) is 16.6 Å². The standard InChI is InChI=1S/C27H31N3O.C17H36.2C2H6/c1-7-24-19(4)13-26(30-23-12-11-20(5)28-16-23)29-15-22(24)14-25(21(6)31)27-17(2)9-8-10-18(27)3;1-6-10-12-16(5)13-11-15-17(8-3,9-4)14-7-2;2*1-2/h8-12,14-16H,7,13H2,1-6H3,(H,29,30);16H,6-15H2,1-5H3;2*1-2H3/b25-14+;;;. The zero-order valence-corrected chi connectivity index (χ0v) is 36.5. The highest BCUT2D eigenvalue weighted by molar-refractivity contribution is 6.21. The summed E-state index contributed by atoms with van der Waals surface area (Å²) < 4.78 is 0. The molecule has 4 heteroatoms. The van der Waals surface area contributed by atoms with E-state index in [4.69, 9.17) is 4.99 Å². The van der Waals surface area contributed by atoms with Crippen molar-refractivity contribution in [2.45, 2.75) is 181 Å². The molecule has 4 nitrogen and oxygen atoms in total. The molecule has 52 heavy (non-hydrogen) atoms. The van der Waals surface area contributed by atoms with Gasteiger partial charge in [0.2, 0.25) is 0 Å². The number of nitrogens with one attached hydrogen (secondary N) is 1. The number of nitrogens with zero attached hydrogens (tertiary/aromatic N) is 2. The normalized spacial score (nSPS) is 13.6. The quantitative estimate of drug-likeness (QED) is 0.176. The first-order chi connectivity index (χ1) is 24.9. The van der Waals surface area contributed by atoms with Crippen LogP contribution in [0.3, 0.4) is 0 Å². The van der Waals surface area contributed by atoms with Crippen LogP contribution in [0, 0.1) is 32.1 Å². The fourth-order valence-electron chi connectivity index (χ4n) is 7.17. The summed E-state index contributed by atoms with van der Waals surface area (Å²) in [6.45, 7) is 31.9. The zero-order chi connectivity index (χ0) is 39.7. The number of allylic oxidation sites excluding steroid dienone is 4. The minimum atomic E-state index is 0.0590. The first-order valence-corrected chi connectivity index (χ1v) is 20.9. The van der Waals surface area contributed by atoms with Crippen molar-refractivity contribution < 1.29 is 4.79 Å². The number of carbonyl (C=O) groups is 1. The van der Waals surface area contributed by atoms with E-state index in [1.807, 2.05) is 71.3 Å². The second-order valence-electron chi connectivity index (χ2n) is 14.2. The third-order valence-electron chi connectivity index (χ3n) is 10.4. The van der Waals surface area contributed by atoms with Crippen molar-refractivity contribution in [1.29, 1.82) is 0 Å². The number of carbonyl (C=O) groups excluding carboxylic acids is 1. The molecule has 0 fully saturated rings. The smallest absolute Gasteiger partial charge is 0.160 e. The Kier molecular flexibility index (Phi) is 25.6. The summed E-state index contributed by atoms with van der Waals surface area (Å²) in [5.74, 6) is 1.88.